The number of hydrogen-bond donors (Lipinski definition) is 1. The van der Waals surface area contributed by atoms with E-state index in [1.165, 1.54) is 11.3 Å². The third-order valence-electron chi connectivity index (χ3n) is 2.87. The molecule has 1 aromatic carbocycles. The Balaban J connectivity index is 1.48. The van der Waals surface area contributed by atoms with Gasteiger partial charge in [0.05, 0.1) is 8.66 Å². The van der Waals surface area contributed by atoms with Crippen LogP contribution in [0.3, 0.4) is 0 Å². The smallest absolute Gasteiger partial charge is 0.322 e. The second-order valence-electron chi connectivity index (χ2n) is 4.62. The second kappa shape index (κ2) is 8.15. The van der Waals surface area contributed by atoms with Crippen LogP contribution < -0.4 is 5.32 Å². The van der Waals surface area contributed by atoms with Gasteiger partial charge in [-0.2, -0.15) is 0 Å². The summed E-state index contributed by atoms with van der Waals surface area (Å²) in [5, 5.41) is 11.1. The number of nitrogens with one attached hydrogen (secondary N) is 1. The van der Waals surface area contributed by atoms with Crippen LogP contribution in [0.1, 0.15) is 6.42 Å². The molecule has 0 aliphatic rings. The van der Waals surface area contributed by atoms with Gasteiger partial charge in [0.1, 0.15) is 0 Å². The first-order valence-electron chi connectivity index (χ1n) is 6.87. The molecule has 1 amide bonds. The second-order valence-corrected chi connectivity index (χ2v) is 8.68. The van der Waals surface area contributed by atoms with Crippen LogP contribution in [0, 0.1) is 0 Å². The first kappa shape index (κ1) is 17.5. The van der Waals surface area contributed by atoms with Crippen molar-refractivity contribution in [2.45, 2.75) is 11.3 Å². The maximum atomic E-state index is 11.9. The minimum Gasteiger partial charge on any atom is -0.402 e. The number of carbonyl (C=O) groups excluding carboxylic acids is 1. The summed E-state index contributed by atoms with van der Waals surface area (Å²) in [6.07, 6.45) is 0.343. The molecule has 0 fully saturated rings. The van der Waals surface area contributed by atoms with Crippen molar-refractivity contribution in [3.05, 3.63) is 45.2 Å². The minimum absolute atomic E-state index is 0.107. The zero-order valence-electron chi connectivity index (χ0n) is 12.2. The fourth-order valence-electron chi connectivity index (χ4n) is 1.78. The molecule has 9 heteroatoms. The van der Waals surface area contributed by atoms with Crippen molar-refractivity contribution in [2.75, 3.05) is 11.1 Å². The topological polar surface area (TPSA) is 68.0 Å². The maximum Gasteiger partial charge on any atom is 0.322 e. The standard InChI is InChI=1S/C15H11BrClN3O2S2/c16-12-6-5-11(24-12)14-19-20-15(22-14)18-13(21)7-8-23-10-3-1-9(17)2-4-10/h1-6H,7-8H2,(H,18,20,21). The average Bonchev–Trinajstić information content (AvgIpc) is 3.18. The van der Waals surface area contributed by atoms with E-state index in [9.17, 15) is 4.79 Å². The van der Waals surface area contributed by atoms with Gasteiger partial charge in [-0.3, -0.25) is 10.1 Å². The Bertz CT molecular complexity index is 835. The van der Waals surface area contributed by atoms with Gasteiger partial charge >= 0.3 is 6.01 Å². The predicted molar refractivity (Wildman–Crippen MR) is 101 cm³/mol. The summed E-state index contributed by atoms with van der Waals surface area (Å²) in [6, 6.07) is 11.4. The molecule has 0 saturated carbocycles. The van der Waals surface area contributed by atoms with Crippen LogP contribution in [-0.2, 0) is 4.79 Å². The number of carbonyl (C=O) groups is 1. The van der Waals surface area contributed by atoms with Crippen LogP contribution in [0.4, 0.5) is 6.01 Å². The summed E-state index contributed by atoms with van der Waals surface area (Å²) in [4.78, 5) is 13.8. The highest BCUT2D eigenvalue weighted by Gasteiger charge is 2.12. The van der Waals surface area contributed by atoms with Crippen LogP contribution in [0.15, 0.2) is 49.5 Å². The molecule has 0 aliphatic heterocycles. The Morgan fingerprint density at radius 1 is 1.25 bits per heavy atom. The van der Waals surface area contributed by atoms with E-state index in [1.807, 2.05) is 36.4 Å². The van der Waals surface area contributed by atoms with E-state index in [0.717, 1.165) is 13.6 Å². The molecule has 0 saturated heterocycles. The Kier molecular flexibility index (Phi) is 5.94. The van der Waals surface area contributed by atoms with Gasteiger partial charge in [-0.05, 0) is 52.3 Å². The average molecular weight is 445 g/mol. The Morgan fingerprint density at radius 3 is 2.75 bits per heavy atom. The van der Waals surface area contributed by atoms with Gasteiger partial charge in [0.2, 0.25) is 5.91 Å². The van der Waals surface area contributed by atoms with Gasteiger partial charge in [0.15, 0.2) is 0 Å². The fourth-order valence-corrected chi connectivity index (χ4v) is 4.06. The highest BCUT2D eigenvalue weighted by molar-refractivity contribution is 9.11. The number of thioether (sulfide) groups is 1. The molecule has 24 heavy (non-hydrogen) atoms. The van der Waals surface area contributed by atoms with Gasteiger partial charge in [0, 0.05) is 22.1 Å². The quantitative estimate of drug-likeness (QED) is 0.520. The monoisotopic (exact) mass is 443 g/mol. The molecule has 124 valence electrons. The van der Waals surface area contributed by atoms with Gasteiger partial charge in [0.25, 0.3) is 5.89 Å². The van der Waals surface area contributed by atoms with Crippen molar-refractivity contribution in [2.24, 2.45) is 0 Å². The fraction of sp³-hybridized carbons (Fsp3) is 0.133. The van der Waals surface area contributed by atoms with Gasteiger partial charge in [-0.15, -0.1) is 28.2 Å². The van der Waals surface area contributed by atoms with Crippen molar-refractivity contribution in [3.63, 3.8) is 0 Å². The summed E-state index contributed by atoms with van der Waals surface area (Å²) in [5.41, 5.74) is 0. The number of hydrogen-bond acceptors (Lipinski definition) is 6. The van der Waals surface area contributed by atoms with Crippen molar-refractivity contribution < 1.29 is 9.21 Å². The van der Waals surface area contributed by atoms with Crippen LogP contribution >= 0.6 is 50.6 Å². The number of amides is 1. The Morgan fingerprint density at radius 2 is 2.04 bits per heavy atom. The van der Waals surface area contributed by atoms with E-state index in [2.05, 4.69) is 31.4 Å². The minimum atomic E-state index is -0.168. The molecule has 0 radical (unpaired) electrons. The van der Waals surface area contributed by atoms with Crippen molar-refractivity contribution in [3.8, 4) is 10.8 Å². The molecule has 1 N–H and O–H groups in total. The molecular weight excluding hydrogens is 434 g/mol. The van der Waals surface area contributed by atoms with Crippen LogP contribution in [0.25, 0.3) is 10.8 Å². The number of benzene rings is 1. The zero-order chi connectivity index (χ0) is 16.9. The molecular formula is C15H11BrClN3O2S2. The lowest BCUT2D eigenvalue weighted by Gasteiger charge is -2.02. The number of rotatable bonds is 6. The van der Waals surface area contributed by atoms with Crippen LogP contribution in [0.2, 0.25) is 5.02 Å². The number of nitrogens with zero attached hydrogens (tertiary/aromatic N) is 2. The number of thiophene rings is 1. The Hall–Kier alpha value is -1.35. The molecule has 3 rings (SSSR count). The van der Waals surface area contributed by atoms with Crippen molar-refractivity contribution in [1.29, 1.82) is 0 Å². The molecule has 2 aromatic heterocycles. The van der Waals surface area contributed by atoms with E-state index in [-0.39, 0.29) is 11.9 Å². The van der Waals surface area contributed by atoms with Gasteiger partial charge in [-0.25, -0.2) is 0 Å². The normalized spacial score (nSPS) is 10.8. The lowest BCUT2D eigenvalue weighted by Crippen LogP contribution is -2.12. The summed E-state index contributed by atoms with van der Waals surface area (Å²) in [7, 11) is 0. The van der Waals surface area contributed by atoms with E-state index in [0.29, 0.717) is 23.1 Å². The predicted octanol–water partition coefficient (Wildman–Crippen LogP) is 5.33. The van der Waals surface area contributed by atoms with Crippen molar-refractivity contribution >= 4 is 62.6 Å². The van der Waals surface area contributed by atoms with E-state index in [1.54, 1.807) is 11.8 Å². The molecule has 0 bridgehead atoms. The lowest BCUT2D eigenvalue weighted by molar-refractivity contribution is -0.115. The summed E-state index contributed by atoms with van der Waals surface area (Å²) >= 11 is 12.3. The number of halogens is 2. The maximum absolute atomic E-state index is 11.9. The number of aromatic nitrogens is 2. The third-order valence-corrected chi connectivity index (χ3v) is 5.74. The molecule has 0 unspecified atom stereocenters. The SMILES string of the molecule is O=C(CCSc1ccc(Cl)cc1)Nc1nnc(-c2ccc(Br)s2)o1. The number of anilines is 1. The molecule has 0 spiro atoms. The highest BCUT2D eigenvalue weighted by Crippen LogP contribution is 2.31. The third kappa shape index (κ3) is 4.83. The van der Waals surface area contributed by atoms with E-state index < -0.39 is 0 Å². The Labute approximate surface area is 159 Å². The summed E-state index contributed by atoms with van der Waals surface area (Å²) in [6.45, 7) is 0. The van der Waals surface area contributed by atoms with E-state index in [4.69, 9.17) is 16.0 Å². The summed E-state index contributed by atoms with van der Waals surface area (Å²) in [5.74, 6) is 0.863. The lowest BCUT2D eigenvalue weighted by atomic mass is 10.4. The largest absolute Gasteiger partial charge is 0.402 e. The zero-order valence-corrected chi connectivity index (χ0v) is 16.1. The first-order valence-corrected chi connectivity index (χ1v) is 9.85. The highest BCUT2D eigenvalue weighted by atomic mass is 79.9. The first-order chi connectivity index (χ1) is 11.6. The molecule has 0 atom stereocenters. The van der Waals surface area contributed by atoms with E-state index >= 15 is 0 Å². The summed E-state index contributed by atoms with van der Waals surface area (Å²) < 4.78 is 6.42. The van der Waals surface area contributed by atoms with Crippen LogP contribution in [0.5, 0.6) is 0 Å². The molecule has 3 aromatic rings. The van der Waals surface area contributed by atoms with Gasteiger partial charge in [-0.1, -0.05) is 16.7 Å². The molecule has 0 aliphatic carbocycles. The van der Waals surface area contributed by atoms with Crippen molar-refractivity contribution in [1.82, 2.24) is 10.2 Å². The van der Waals surface area contributed by atoms with Gasteiger partial charge < -0.3 is 4.42 Å². The molecule has 5 nitrogen and oxygen atoms in total. The van der Waals surface area contributed by atoms with Crippen LogP contribution in [-0.4, -0.2) is 21.9 Å². The molecule has 2 heterocycles.